The summed E-state index contributed by atoms with van der Waals surface area (Å²) in [5, 5.41) is 3.00. The lowest BCUT2D eigenvalue weighted by Gasteiger charge is -2.25. The van der Waals surface area contributed by atoms with Gasteiger partial charge in [0.05, 0.1) is 6.04 Å². The van der Waals surface area contributed by atoms with Crippen LogP contribution in [-0.4, -0.2) is 42.5 Å². The summed E-state index contributed by atoms with van der Waals surface area (Å²) in [6, 6.07) is 5.18. The van der Waals surface area contributed by atoms with Crippen molar-refractivity contribution in [2.75, 3.05) is 19.8 Å². The number of benzene rings is 1. The van der Waals surface area contributed by atoms with Gasteiger partial charge in [-0.25, -0.2) is 0 Å². The lowest BCUT2D eigenvalue weighted by Crippen LogP contribution is -2.45. The van der Waals surface area contributed by atoms with E-state index in [0.29, 0.717) is 25.5 Å². The molecule has 1 aromatic rings. The van der Waals surface area contributed by atoms with Crippen molar-refractivity contribution in [1.82, 2.24) is 10.2 Å². The molecule has 1 aromatic carbocycles. The van der Waals surface area contributed by atoms with Gasteiger partial charge in [-0.2, -0.15) is 0 Å². The second-order valence-corrected chi connectivity index (χ2v) is 6.00. The number of nitrogens with one attached hydrogen (secondary N) is 1. The fourth-order valence-corrected chi connectivity index (χ4v) is 3.14. The van der Waals surface area contributed by atoms with Gasteiger partial charge < -0.3 is 19.7 Å². The van der Waals surface area contributed by atoms with Gasteiger partial charge >= 0.3 is 0 Å². The highest BCUT2D eigenvalue weighted by molar-refractivity contribution is 5.87. The maximum atomic E-state index is 12.5. The highest BCUT2D eigenvalue weighted by atomic mass is 16.6. The lowest BCUT2D eigenvalue weighted by atomic mass is 10.1. The second-order valence-electron chi connectivity index (χ2n) is 6.00. The Morgan fingerprint density at radius 1 is 1.26 bits per heavy atom. The van der Waals surface area contributed by atoms with E-state index in [0.717, 1.165) is 24.2 Å². The number of carbonyl (C=O) groups is 2. The first-order chi connectivity index (χ1) is 11.1. The molecule has 0 aliphatic carbocycles. The smallest absolute Gasteiger partial charge is 0.243 e. The molecule has 2 heterocycles. The van der Waals surface area contributed by atoms with Crippen LogP contribution in [0.1, 0.15) is 38.3 Å². The minimum absolute atomic E-state index is 0.0466. The molecule has 0 bridgehead atoms. The number of fused-ring (bicyclic) bond motifs is 1. The molecule has 6 heteroatoms. The molecular formula is C17H22N2O4. The first-order valence-electron chi connectivity index (χ1n) is 8.03. The molecule has 1 N–H and O–H groups in total. The van der Waals surface area contributed by atoms with Crippen molar-refractivity contribution in [2.45, 2.75) is 38.8 Å². The van der Waals surface area contributed by atoms with E-state index in [1.54, 1.807) is 4.90 Å². The predicted octanol–water partition coefficient (Wildman–Crippen LogP) is 1.65. The van der Waals surface area contributed by atoms with E-state index < -0.39 is 0 Å². The van der Waals surface area contributed by atoms with Crippen molar-refractivity contribution >= 4 is 11.8 Å². The summed E-state index contributed by atoms with van der Waals surface area (Å²) < 4.78 is 11.1. The van der Waals surface area contributed by atoms with E-state index in [9.17, 15) is 9.59 Å². The third kappa shape index (κ3) is 3.25. The van der Waals surface area contributed by atoms with Gasteiger partial charge in [-0.05, 0) is 37.5 Å². The van der Waals surface area contributed by atoms with Crippen molar-refractivity contribution in [3.8, 4) is 11.5 Å². The van der Waals surface area contributed by atoms with Crippen LogP contribution in [0.25, 0.3) is 0 Å². The molecule has 2 atom stereocenters. The number of rotatable bonds is 3. The monoisotopic (exact) mass is 318 g/mol. The maximum Gasteiger partial charge on any atom is 0.243 e. The van der Waals surface area contributed by atoms with Gasteiger partial charge in [-0.3, -0.25) is 9.59 Å². The molecule has 2 aliphatic heterocycles. The van der Waals surface area contributed by atoms with Crippen molar-refractivity contribution in [3.63, 3.8) is 0 Å². The van der Waals surface area contributed by atoms with Gasteiger partial charge in [0.15, 0.2) is 11.5 Å². The second kappa shape index (κ2) is 6.48. The van der Waals surface area contributed by atoms with E-state index in [-0.39, 0.29) is 23.9 Å². The molecule has 0 saturated carbocycles. The summed E-state index contributed by atoms with van der Waals surface area (Å²) in [5.74, 6) is 1.30. The Morgan fingerprint density at radius 2 is 2.00 bits per heavy atom. The normalized spacial score (nSPS) is 21.0. The van der Waals surface area contributed by atoms with Crippen LogP contribution in [0.3, 0.4) is 0 Å². The maximum absolute atomic E-state index is 12.5. The average molecular weight is 318 g/mol. The number of carbonyl (C=O) groups excluding carboxylic acids is 2. The minimum atomic E-state index is -0.354. The zero-order valence-electron chi connectivity index (χ0n) is 13.5. The van der Waals surface area contributed by atoms with Gasteiger partial charge in [-0.15, -0.1) is 0 Å². The highest BCUT2D eigenvalue weighted by Crippen LogP contribution is 2.32. The van der Waals surface area contributed by atoms with Crippen LogP contribution in [-0.2, 0) is 9.59 Å². The molecule has 2 aliphatic rings. The first kappa shape index (κ1) is 15.6. The number of hydrogen-bond donors (Lipinski definition) is 1. The van der Waals surface area contributed by atoms with E-state index in [2.05, 4.69) is 5.32 Å². The molecule has 0 aromatic heterocycles. The Balaban J connectivity index is 1.68. The number of ether oxygens (including phenoxy) is 2. The van der Waals surface area contributed by atoms with Crippen molar-refractivity contribution in [2.24, 2.45) is 0 Å². The van der Waals surface area contributed by atoms with Crippen molar-refractivity contribution in [1.29, 1.82) is 0 Å². The summed E-state index contributed by atoms with van der Waals surface area (Å²) >= 11 is 0. The molecule has 1 saturated heterocycles. The SMILES string of the molecule is CC(=O)N1CCC[C@H]1C(=O)N[C@H](C)c1ccc2c(c1)OCCO2. The lowest BCUT2D eigenvalue weighted by molar-refractivity contribution is -0.137. The van der Waals surface area contributed by atoms with E-state index in [1.165, 1.54) is 6.92 Å². The van der Waals surface area contributed by atoms with Crippen LogP contribution < -0.4 is 14.8 Å². The van der Waals surface area contributed by atoms with Gasteiger partial charge in [0.1, 0.15) is 19.3 Å². The number of likely N-dealkylation sites (tertiary alicyclic amines) is 1. The van der Waals surface area contributed by atoms with Crippen LogP contribution in [0.4, 0.5) is 0 Å². The zero-order chi connectivity index (χ0) is 16.4. The molecule has 0 unspecified atom stereocenters. The van der Waals surface area contributed by atoms with Crippen LogP contribution >= 0.6 is 0 Å². The Bertz CT molecular complexity index is 617. The third-order valence-electron chi connectivity index (χ3n) is 4.38. The standard InChI is InChI=1S/C17H22N2O4/c1-11(13-5-6-15-16(10-13)23-9-8-22-15)18-17(21)14-4-3-7-19(14)12(2)20/h5-6,10-11,14H,3-4,7-9H2,1-2H3,(H,18,21)/t11-,14+/m1/s1. The summed E-state index contributed by atoms with van der Waals surface area (Å²) in [6.07, 6.45) is 1.59. The Hall–Kier alpha value is -2.24. The fourth-order valence-electron chi connectivity index (χ4n) is 3.14. The summed E-state index contributed by atoms with van der Waals surface area (Å²) in [7, 11) is 0. The van der Waals surface area contributed by atoms with Gasteiger partial charge in [0, 0.05) is 13.5 Å². The topological polar surface area (TPSA) is 67.9 Å². The quantitative estimate of drug-likeness (QED) is 0.920. The van der Waals surface area contributed by atoms with Crippen LogP contribution in [0, 0.1) is 0 Å². The summed E-state index contributed by atoms with van der Waals surface area (Å²) in [5.41, 5.74) is 0.954. The largest absolute Gasteiger partial charge is 0.486 e. The van der Waals surface area contributed by atoms with Crippen LogP contribution in [0.15, 0.2) is 18.2 Å². The molecule has 6 nitrogen and oxygen atoms in total. The Morgan fingerprint density at radius 3 is 2.74 bits per heavy atom. The first-order valence-corrected chi connectivity index (χ1v) is 8.03. The number of hydrogen-bond acceptors (Lipinski definition) is 4. The van der Waals surface area contributed by atoms with Crippen LogP contribution in [0.5, 0.6) is 11.5 Å². The third-order valence-corrected chi connectivity index (χ3v) is 4.38. The zero-order valence-corrected chi connectivity index (χ0v) is 13.5. The summed E-state index contributed by atoms with van der Waals surface area (Å²) in [6.45, 7) is 5.19. The predicted molar refractivity (Wildman–Crippen MR) is 84.4 cm³/mol. The molecule has 1 fully saturated rings. The highest BCUT2D eigenvalue weighted by Gasteiger charge is 2.33. The number of amides is 2. The van der Waals surface area contributed by atoms with E-state index in [4.69, 9.17) is 9.47 Å². The molecule has 2 amide bonds. The molecule has 0 radical (unpaired) electrons. The van der Waals surface area contributed by atoms with Crippen molar-refractivity contribution in [3.05, 3.63) is 23.8 Å². The molecular weight excluding hydrogens is 296 g/mol. The van der Waals surface area contributed by atoms with Gasteiger partial charge in [-0.1, -0.05) is 6.07 Å². The molecule has 124 valence electrons. The van der Waals surface area contributed by atoms with Crippen molar-refractivity contribution < 1.29 is 19.1 Å². The van der Waals surface area contributed by atoms with E-state index in [1.807, 2.05) is 25.1 Å². The Kier molecular flexibility index (Phi) is 4.41. The Labute approximate surface area is 135 Å². The minimum Gasteiger partial charge on any atom is -0.486 e. The molecule has 0 spiro atoms. The molecule has 3 rings (SSSR count). The molecule has 23 heavy (non-hydrogen) atoms. The summed E-state index contributed by atoms with van der Waals surface area (Å²) in [4.78, 5) is 25.7. The van der Waals surface area contributed by atoms with Gasteiger partial charge in [0.2, 0.25) is 11.8 Å². The average Bonchev–Trinajstić information content (AvgIpc) is 3.04. The fraction of sp³-hybridized carbons (Fsp3) is 0.529. The van der Waals surface area contributed by atoms with Crippen LogP contribution in [0.2, 0.25) is 0 Å². The van der Waals surface area contributed by atoms with Gasteiger partial charge in [0.25, 0.3) is 0 Å². The van der Waals surface area contributed by atoms with E-state index >= 15 is 0 Å². The number of nitrogens with zero attached hydrogens (tertiary/aromatic N) is 1.